The van der Waals surface area contributed by atoms with Crippen LogP contribution in [0.5, 0.6) is 0 Å². The number of H-pyrrole nitrogens is 1. The molecule has 7 nitrogen and oxygen atoms in total. The van der Waals surface area contributed by atoms with Crippen LogP contribution in [-0.2, 0) is 6.54 Å². The van der Waals surface area contributed by atoms with E-state index in [0.717, 1.165) is 48.5 Å². The number of nitrogens with zero attached hydrogens (tertiary/aromatic N) is 5. The Morgan fingerprint density at radius 1 is 1.09 bits per heavy atom. The van der Waals surface area contributed by atoms with Crippen LogP contribution in [0.15, 0.2) is 59.4 Å². The minimum absolute atomic E-state index is 0.128. The molecule has 0 unspecified atom stereocenters. The van der Waals surface area contributed by atoms with Crippen LogP contribution in [0, 0.1) is 12.7 Å². The predicted molar refractivity (Wildman–Crippen MR) is 128 cm³/mol. The molecule has 0 aliphatic carbocycles. The van der Waals surface area contributed by atoms with E-state index in [1.165, 1.54) is 18.2 Å². The quantitative estimate of drug-likeness (QED) is 0.506. The van der Waals surface area contributed by atoms with Gasteiger partial charge < -0.3 is 14.4 Å². The lowest BCUT2D eigenvalue weighted by molar-refractivity contribution is 0.469. The van der Waals surface area contributed by atoms with Crippen molar-refractivity contribution in [1.82, 2.24) is 19.5 Å². The molecule has 0 amide bonds. The zero-order valence-corrected chi connectivity index (χ0v) is 18.8. The Balaban J connectivity index is 1.38. The van der Waals surface area contributed by atoms with E-state index in [0.29, 0.717) is 18.2 Å². The highest BCUT2D eigenvalue weighted by Crippen LogP contribution is 2.28. The van der Waals surface area contributed by atoms with Gasteiger partial charge in [-0.1, -0.05) is 24.3 Å². The number of para-hydroxylation sites is 2. The van der Waals surface area contributed by atoms with Gasteiger partial charge in [0.05, 0.1) is 17.6 Å². The molecule has 3 heterocycles. The van der Waals surface area contributed by atoms with Crippen molar-refractivity contribution in [1.29, 1.82) is 0 Å². The molecule has 1 aliphatic heterocycles. The molecule has 0 spiro atoms. The lowest BCUT2D eigenvalue weighted by Crippen LogP contribution is -2.45. The molecule has 1 saturated heterocycles. The maximum atomic E-state index is 13.4. The van der Waals surface area contributed by atoms with E-state index in [2.05, 4.69) is 30.4 Å². The van der Waals surface area contributed by atoms with E-state index >= 15 is 0 Å². The number of imidazole rings is 1. The van der Waals surface area contributed by atoms with Crippen molar-refractivity contribution >= 4 is 22.9 Å². The van der Waals surface area contributed by atoms with Gasteiger partial charge in [0.2, 0.25) is 11.9 Å². The number of nitrogens with one attached hydrogen (secondary N) is 1. The molecule has 170 valence electrons. The molecule has 2 aromatic carbocycles. The Labute approximate surface area is 191 Å². The number of fused-ring (bicyclic) bond motifs is 1. The molecule has 2 aromatic heterocycles. The number of rotatable bonds is 5. The van der Waals surface area contributed by atoms with Crippen molar-refractivity contribution in [2.24, 2.45) is 0 Å². The van der Waals surface area contributed by atoms with Gasteiger partial charge in [-0.15, -0.1) is 0 Å². The lowest BCUT2D eigenvalue weighted by atomic mass is 10.0. The summed E-state index contributed by atoms with van der Waals surface area (Å²) in [4.78, 5) is 28.5. The zero-order valence-electron chi connectivity index (χ0n) is 18.8. The normalized spacial score (nSPS) is 14.7. The molecular weight excluding hydrogens is 419 g/mol. The van der Waals surface area contributed by atoms with Crippen LogP contribution in [0.25, 0.3) is 11.0 Å². The van der Waals surface area contributed by atoms with Gasteiger partial charge in [0.1, 0.15) is 5.82 Å². The first-order valence-corrected chi connectivity index (χ1v) is 11.2. The second kappa shape index (κ2) is 8.69. The molecule has 0 bridgehead atoms. The van der Waals surface area contributed by atoms with Gasteiger partial charge in [0, 0.05) is 37.9 Å². The molecule has 33 heavy (non-hydrogen) atoms. The number of piperidine rings is 1. The fourth-order valence-electron chi connectivity index (χ4n) is 4.59. The van der Waals surface area contributed by atoms with E-state index < -0.39 is 0 Å². The molecule has 1 N–H and O–H groups in total. The smallest absolute Gasteiger partial charge is 0.252 e. The number of anilines is 2. The number of hydrogen-bond donors (Lipinski definition) is 1. The monoisotopic (exact) mass is 446 g/mol. The molecule has 4 aromatic rings. The van der Waals surface area contributed by atoms with Gasteiger partial charge in [0.15, 0.2) is 0 Å². The van der Waals surface area contributed by atoms with Gasteiger partial charge in [-0.05, 0) is 49.6 Å². The number of aromatic amines is 1. The molecule has 5 rings (SSSR count). The van der Waals surface area contributed by atoms with Crippen molar-refractivity contribution < 1.29 is 4.39 Å². The summed E-state index contributed by atoms with van der Waals surface area (Å²) in [6.07, 6.45) is 1.85. The predicted octanol–water partition coefficient (Wildman–Crippen LogP) is 3.72. The summed E-state index contributed by atoms with van der Waals surface area (Å²) in [7, 11) is 1.99. The minimum atomic E-state index is -0.231. The summed E-state index contributed by atoms with van der Waals surface area (Å²) in [5.74, 6) is 1.32. The van der Waals surface area contributed by atoms with Crippen molar-refractivity contribution in [3.05, 3.63) is 82.0 Å². The zero-order chi connectivity index (χ0) is 22.9. The van der Waals surface area contributed by atoms with E-state index in [1.54, 1.807) is 0 Å². The number of aryl methyl sites for hydroxylation is 1. The van der Waals surface area contributed by atoms with Crippen LogP contribution in [-0.4, -0.2) is 45.7 Å². The molecule has 1 aliphatic rings. The number of hydrogen-bond acceptors (Lipinski definition) is 5. The fraction of sp³-hybridized carbons (Fsp3) is 0.320. The molecule has 1 fully saturated rings. The Morgan fingerprint density at radius 3 is 2.55 bits per heavy atom. The third kappa shape index (κ3) is 4.33. The number of aromatic nitrogens is 4. The first-order chi connectivity index (χ1) is 16.0. The van der Waals surface area contributed by atoms with Crippen LogP contribution in [0.4, 0.5) is 16.3 Å². The van der Waals surface area contributed by atoms with Crippen molar-refractivity contribution in [2.45, 2.75) is 32.4 Å². The van der Waals surface area contributed by atoms with E-state index in [-0.39, 0.29) is 17.4 Å². The van der Waals surface area contributed by atoms with Crippen LogP contribution >= 0.6 is 0 Å². The summed E-state index contributed by atoms with van der Waals surface area (Å²) in [6, 6.07) is 16.6. The average Bonchev–Trinajstić information content (AvgIpc) is 3.18. The topological polar surface area (TPSA) is 70.1 Å². The summed E-state index contributed by atoms with van der Waals surface area (Å²) in [5.41, 5.74) is 3.64. The van der Waals surface area contributed by atoms with Crippen molar-refractivity contribution in [3.8, 4) is 0 Å². The maximum absolute atomic E-state index is 13.4. The summed E-state index contributed by atoms with van der Waals surface area (Å²) in [6.45, 7) is 4.15. The first-order valence-electron chi connectivity index (χ1n) is 11.2. The van der Waals surface area contributed by atoms with E-state index in [9.17, 15) is 9.18 Å². The Bertz CT molecular complexity index is 1320. The molecule has 0 atom stereocenters. The SMILES string of the molecule is Cc1cc(=O)[nH]c(N(C)C2CCN(c3nc4ccccc4n3Cc3ccc(F)cc3)CC2)n1. The van der Waals surface area contributed by atoms with E-state index in [4.69, 9.17) is 4.98 Å². The highest BCUT2D eigenvalue weighted by molar-refractivity contribution is 5.79. The Kier molecular flexibility index (Phi) is 5.58. The number of halogens is 1. The summed E-state index contributed by atoms with van der Waals surface area (Å²) in [5, 5.41) is 0. The second-order valence-electron chi connectivity index (χ2n) is 8.65. The molecular formula is C25H27FN6O. The average molecular weight is 447 g/mol. The fourth-order valence-corrected chi connectivity index (χ4v) is 4.59. The molecule has 0 saturated carbocycles. The largest absolute Gasteiger partial charge is 0.342 e. The van der Waals surface area contributed by atoms with Gasteiger partial charge in [-0.3, -0.25) is 9.78 Å². The molecule has 8 heteroatoms. The van der Waals surface area contributed by atoms with Crippen LogP contribution < -0.4 is 15.4 Å². The third-order valence-electron chi connectivity index (χ3n) is 6.37. The summed E-state index contributed by atoms with van der Waals surface area (Å²) < 4.78 is 15.6. The highest BCUT2D eigenvalue weighted by atomic mass is 19.1. The highest BCUT2D eigenvalue weighted by Gasteiger charge is 2.27. The van der Waals surface area contributed by atoms with Gasteiger partial charge >= 0.3 is 0 Å². The van der Waals surface area contributed by atoms with Crippen LogP contribution in [0.2, 0.25) is 0 Å². The third-order valence-corrected chi connectivity index (χ3v) is 6.37. The molecule has 0 radical (unpaired) electrons. The second-order valence-corrected chi connectivity index (χ2v) is 8.65. The minimum Gasteiger partial charge on any atom is -0.342 e. The standard InChI is InChI=1S/C25H27FN6O/c1-17-15-23(33)29-24(27-17)30(2)20-11-13-31(14-12-20)25-28-21-5-3-4-6-22(21)32(25)16-18-7-9-19(26)10-8-18/h3-10,15,20H,11-14,16H2,1-2H3,(H,27,29,33). The summed E-state index contributed by atoms with van der Waals surface area (Å²) >= 11 is 0. The van der Waals surface area contributed by atoms with Gasteiger partial charge in [-0.2, -0.15) is 0 Å². The Hall–Kier alpha value is -3.68. The lowest BCUT2D eigenvalue weighted by Gasteiger charge is -2.37. The van der Waals surface area contributed by atoms with Gasteiger partial charge in [0.25, 0.3) is 5.56 Å². The van der Waals surface area contributed by atoms with Crippen molar-refractivity contribution in [2.75, 3.05) is 29.9 Å². The maximum Gasteiger partial charge on any atom is 0.252 e. The Morgan fingerprint density at radius 2 is 1.82 bits per heavy atom. The number of benzene rings is 2. The van der Waals surface area contributed by atoms with Gasteiger partial charge in [-0.25, -0.2) is 14.4 Å². The first kappa shape index (κ1) is 21.2. The van der Waals surface area contributed by atoms with Crippen LogP contribution in [0.3, 0.4) is 0 Å². The van der Waals surface area contributed by atoms with Crippen LogP contribution in [0.1, 0.15) is 24.1 Å². The van der Waals surface area contributed by atoms with Crippen molar-refractivity contribution in [3.63, 3.8) is 0 Å². The van der Waals surface area contributed by atoms with E-state index in [1.807, 2.05) is 44.3 Å².